The fraction of sp³-hybridized carbons (Fsp3) is 0.917. The van der Waals surface area contributed by atoms with Gasteiger partial charge in [0.2, 0.25) is 0 Å². The van der Waals surface area contributed by atoms with Gasteiger partial charge in [-0.15, -0.1) is 0 Å². The van der Waals surface area contributed by atoms with Crippen LogP contribution in [0.4, 0.5) is 0 Å². The summed E-state index contributed by atoms with van der Waals surface area (Å²) >= 11 is 0. The smallest absolute Gasteiger partial charge is 0.320 e. The van der Waals surface area contributed by atoms with E-state index >= 15 is 0 Å². The number of hydrogen-bond donors (Lipinski definition) is 2. The van der Waals surface area contributed by atoms with E-state index < -0.39 is 0 Å². The molecule has 0 aliphatic carbocycles. The lowest BCUT2D eigenvalue weighted by Gasteiger charge is -2.15. The molecule has 0 fully saturated rings. The van der Waals surface area contributed by atoms with E-state index in [4.69, 9.17) is 16.2 Å². The maximum absolute atomic E-state index is 11.0. The topological polar surface area (TPSA) is 78.3 Å². The monoisotopic (exact) mass is 230 g/mol. The van der Waals surface area contributed by atoms with E-state index in [-0.39, 0.29) is 18.6 Å². The van der Waals surface area contributed by atoms with Gasteiger partial charge in [-0.1, -0.05) is 39.0 Å². The molecule has 0 heterocycles. The number of rotatable bonds is 10. The van der Waals surface area contributed by atoms with Crippen LogP contribution < -0.4 is 11.5 Å². The van der Waals surface area contributed by atoms with Crippen LogP contribution in [0.3, 0.4) is 0 Å². The second-order valence-corrected chi connectivity index (χ2v) is 4.11. The second kappa shape index (κ2) is 10.9. The molecule has 4 heteroatoms. The first-order valence-corrected chi connectivity index (χ1v) is 6.34. The Balaban J connectivity index is 3.44. The van der Waals surface area contributed by atoms with Crippen molar-refractivity contribution >= 4 is 5.97 Å². The molecule has 1 atom stereocenters. The quantitative estimate of drug-likeness (QED) is 0.441. The van der Waals surface area contributed by atoms with E-state index in [2.05, 4.69) is 6.92 Å². The first-order chi connectivity index (χ1) is 7.74. The molecule has 0 rings (SSSR count). The summed E-state index contributed by atoms with van der Waals surface area (Å²) in [5, 5.41) is 0. The van der Waals surface area contributed by atoms with Crippen LogP contribution in [0.15, 0.2) is 0 Å². The zero-order chi connectivity index (χ0) is 12.2. The minimum absolute atomic E-state index is 0.0625. The highest BCUT2D eigenvalue weighted by Crippen LogP contribution is 2.09. The molecule has 0 aliphatic rings. The van der Waals surface area contributed by atoms with E-state index in [1.165, 1.54) is 32.1 Å². The number of ether oxygens (including phenoxy) is 1. The molecule has 96 valence electrons. The Kier molecular flexibility index (Phi) is 10.5. The van der Waals surface area contributed by atoms with Crippen molar-refractivity contribution in [1.82, 2.24) is 0 Å². The van der Waals surface area contributed by atoms with Gasteiger partial charge in [-0.3, -0.25) is 4.79 Å². The molecular formula is C12H26N2O2. The molecule has 0 aromatic carbocycles. The fourth-order valence-corrected chi connectivity index (χ4v) is 1.61. The van der Waals surface area contributed by atoms with Crippen LogP contribution in [-0.2, 0) is 9.53 Å². The highest BCUT2D eigenvalue weighted by Gasteiger charge is 2.10. The molecule has 0 aromatic rings. The van der Waals surface area contributed by atoms with Crippen LogP contribution in [0.1, 0.15) is 51.9 Å². The third-order valence-corrected chi connectivity index (χ3v) is 2.61. The number of esters is 1. The standard InChI is InChI=1S/C12H26N2O2/c1-2-3-4-5-6-7-8-11(9-13)16-12(15)10-14/h11H,2-10,13-14H2,1H3. The van der Waals surface area contributed by atoms with E-state index in [0.29, 0.717) is 6.54 Å². The molecule has 16 heavy (non-hydrogen) atoms. The van der Waals surface area contributed by atoms with Crippen molar-refractivity contribution in [2.45, 2.75) is 58.0 Å². The van der Waals surface area contributed by atoms with Crippen molar-refractivity contribution in [3.63, 3.8) is 0 Å². The largest absolute Gasteiger partial charge is 0.460 e. The number of carbonyl (C=O) groups excluding carboxylic acids is 1. The van der Waals surface area contributed by atoms with Gasteiger partial charge in [-0.2, -0.15) is 0 Å². The summed E-state index contributed by atoms with van der Waals surface area (Å²) in [7, 11) is 0. The number of carbonyl (C=O) groups is 1. The predicted octanol–water partition coefficient (Wildman–Crippen LogP) is 1.57. The Labute approximate surface area is 98.7 Å². The Morgan fingerprint density at radius 3 is 2.31 bits per heavy atom. The molecule has 0 saturated carbocycles. The molecule has 4 N–H and O–H groups in total. The zero-order valence-electron chi connectivity index (χ0n) is 10.4. The van der Waals surface area contributed by atoms with Crippen molar-refractivity contribution in [3.05, 3.63) is 0 Å². The maximum Gasteiger partial charge on any atom is 0.320 e. The van der Waals surface area contributed by atoms with Gasteiger partial charge in [0.15, 0.2) is 0 Å². The molecule has 0 aromatic heterocycles. The number of nitrogens with two attached hydrogens (primary N) is 2. The summed E-state index contributed by atoms with van der Waals surface area (Å²) in [6.07, 6.45) is 8.10. The van der Waals surface area contributed by atoms with Gasteiger partial charge < -0.3 is 16.2 Å². The minimum Gasteiger partial charge on any atom is -0.460 e. The van der Waals surface area contributed by atoms with Gasteiger partial charge in [-0.05, 0) is 12.8 Å². The van der Waals surface area contributed by atoms with Crippen molar-refractivity contribution < 1.29 is 9.53 Å². The highest BCUT2D eigenvalue weighted by atomic mass is 16.5. The fourth-order valence-electron chi connectivity index (χ4n) is 1.61. The van der Waals surface area contributed by atoms with Crippen LogP contribution in [0.5, 0.6) is 0 Å². The number of hydrogen-bond acceptors (Lipinski definition) is 4. The molecule has 0 aliphatic heterocycles. The summed E-state index contributed by atoms with van der Waals surface area (Å²) in [6, 6.07) is 0. The van der Waals surface area contributed by atoms with Crippen molar-refractivity contribution in [3.8, 4) is 0 Å². The molecule has 1 unspecified atom stereocenters. The van der Waals surface area contributed by atoms with Crippen molar-refractivity contribution in [2.24, 2.45) is 11.5 Å². The Hall–Kier alpha value is -0.610. The summed E-state index contributed by atoms with van der Waals surface area (Å²) in [5.41, 5.74) is 10.7. The molecular weight excluding hydrogens is 204 g/mol. The maximum atomic E-state index is 11.0. The second-order valence-electron chi connectivity index (χ2n) is 4.11. The lowest BCUT2D eigenvalue weighted by Crippen LogP contribution is -2.29. The third kappa shape index (κ3) is 8.68. The molecule has 0 amide bonds. The van der Waals surface area contributed by atoms with Gasteiger partial charge in [-0.25, -0.2) is 0 Å². The van der Waals surface area contributed by atoms with E-state index in [1.807, 2.05) is 0 Å². The summed E-state index contributed by atoms with van der Waals surface area (Å²) in [5.74, 6) is -0.360. The van der Waals surface area contributed by atoms with Crippen LogP contribution in [-0.4, -0.2) is 25.2 Å². The van der Waals surface area contributed by atoms with Gasteiger partial charge in [0.1, 0.15) is 6.10 Å². The average molecular weight is 230 g/mol. The number of unbranched alkanes of at least 4 members (excludes halogenated alkanes) is 5. The van der Waals surface area contributed by atoms with E-state index in [1.54, 1.807) is 0 Å². The average Bonchev–Trinajstić information content (AvgIpc) is 2.31. The molecule has 0 bridgehead atoms. The first kappa shape index (κ1) is 15.4. The Bertz CT molecular complexity index is 174. The molecule has 0 saturated heterocycles. The van der Waals surface area contributed by atoms with Crippen LogP contribution in [0, 0.1) is 0 Å². The normalized spacial score (nSPS) is 12.4. The van der Waals surface area contributed by atoms with Gasteiger partial charge in [0.05, 0.1) is 6.54 Å². The summed E-state index contributed by atoms with van der Waals surface area (Å²) in [4.78, 5) is 11.0. The Morgan fingerprint density at radius 2 is 1.75 bits per heavy atom. The zero-order valence-corrected chi connectivity index (χ0v) is 10.4. The molecule has 0 radical (unpaired) electrons. The summed E-state index contributed by atoms with van der Waals surface area (Å²) in [6.45, 7) is 2.53. The lowest BCUT2D eigenvalue weighted by molar-refractivity contribution is -0.147. The van der Waals surface area contributed by atoms with Crippen molar-refractivity contribution in [2.75, 3.05) is 13.1 Å². The van der Waals surface area contributed by atoms with Crippen LogP contribution in [0.25, 0.3) is 0 Å². The first-order valence-electron chi connectivity index (χ1n) is 6.34. The predicted molar refractivity (Wildman–Crippen MR) is 66.0 cm³/mol. The molecule has 4 nitrogen and oxygen atoms in total. The van der Waals surface area contributed by atoms with Crippen LogP contribution >= 0.6 is 0 Å². The SMILES string of the molecule is CCCCCCCCC(CN)OC(=O)CN. The van der Waals surface area contributed by atoms with Gasteiger partial charge in [0, 0.05) is 6.54 Å². The highest BCUT2D eigenvalue weighted by molar-refractivity contribution is 5.71. The lowest BCUT2D eigenvalue weighted by atomic mass is 10.1. The van der Waals surface area contributed by atoms with E-state index in [0.717, 1.165) is 12.8 Å². The Morgan fingerprint density at radius 1 is 1.12 bits per heavy atom. The van der Waals surface area contributed by atoms with Gasteiger partial charge >= 0.3 is 5.97 Å². The van der Waals surface area contributed by atoms with Gasteiger partial charge in [0.25, 0.3) is 0 Å². The van der Waals surface area contributed by atoms with Crippen molar-refractivity contribution in [1.29, 1.82) is 0 Å². The van der Waals surface area contributed by atoms with Crippen LogP contribution in [0.2, 0.25) is 0 Å². The van der Waals surface area contributed by atoms with E-state index in [9.17, 15) is 4.79 Å². The molecule has 0 spiro atoms. The third-order valence-electron chi connectivity index (χ3n) is 2.61. The minimum atomic E-state index is -0.360. The summed E-state index contributed by atoms with van der Waals surface area (Å²) < 4.78 is 5.09.